The molecule has 116 valence electrons. The number of hydrogen-bond acceptors (Lipinski definition) is 2. The highest BCUT2D eigenvalue weighted by Crippen LogP contribution is 2.51. The zero-order chi connectivity index (χ0) is 15.9. The van der Waals surface area contributed by atoms with E-state index in [1.165, 1.54) is 0 Å². The van der Waals surface area contributed by atoms with E-state index in [2.05, 4.69) is 41.5 Å². The molecule has 0 aromatic carbocycles. The van der Waals surface area contributed by atoms with Crippen molar-refractivity contribution >= 4 is 11.9 Å². The zero-order valence-electron chi connectivity index (χ0n) is 13.4. The van der Waals surface area contributed by atoms with Gasteiger partial charge in [0.1, 0.15) is 0 Å². The molecule has 4 heteroatoms. The Morgan fingerprint density at radius 1 is 0.750 bits per heavy atom. The number of carboxylic acid groups (broad SMARTS) is 2. The summed E-state index contributed by atoms with van der Waals surface area (Å²) in [4.78, 5) is 20.8. The Balaban J connectivity index is 0.000000200. The molecule has 2 saturated carbocycles. The standard InChI is InChI=1S/2C8H14O2/c2*1-8(2,3)6-4-5(6)7(9)10/h2*5-6H,4H2,1-3H3,(H,9,10)/t2*5-,6-/m10/s1. The van der Waals surface area contributed by atoms with Crippen molar-refractivity contribution in [2.24, 2.45) is 34.5 Å². The molecular formula is C16H28O4. The lowest BCUT2D eigenvalue weighted by molar-refractivity contribution is -0.140. The number of carbonyl (C=O) groups is 2. The van der Waals surface area contributed by atoms with Crippen molar-refractivity contribution < 1.29 is 19.8 Å². The molecule has 2 rings (SSSR count). The maximum Gasteiger partial charge on any atom is 0.306 e. The van der Waals surface area contributed by atoms with E-state index in [1.807, 2.05) is 0 Å². The Kier molecular flexibility index (Phi) is 4.57. The van der Waals surface area contributed by atoms with E-state index in [0.717, 1.165) is 12.8 Å². The molecule has 0 amide bonds. The molecule has 0 saturated heterocycles. The van der Waals surface area contributed by atoms with Gasteiger partial charge in [-0.05, 0) is 35.5 Å². The van der Waals surface area contributed by atoms with Crippen LogP contribution in [0.3, 0.4) is 0 Å². The minimum absolute atomic E-state index is 0.0556. The highest BCUT2D eigenvalue weighted by Gasteiger charge is 2.50. The SMILES string of the molecule is CC(C)(C)[C@@H]1C[C@H]1C(=O)O.CC(C)(C)[C@H]1C[C@@H]1C(=O)O. The van der Waals surface area contributed by atoms with Gasteiger partial charge in [0.2, 0.25) is 0 Å². The first kappa shape index (κ1) is 17.0. The number of rotatable bonds is 2. The molecule has 4 nitrogen and oxygen atoms in total. The number of hydrogen-bond donors (Lipinski definition) is 2. The molecule has 4 atom stereocenters. The van der Waals surface area contributed by atoms with Gasteiger partial charge in [0.25, 0.3) is 0 Å². The Morgan fingerprint density at radius 3 is 1.05 bits per heavy atom. The van der Waals surface area contributed by atoms with Gasteiger partial charge in [-0.3, -0.25) is 9.59 Å². The average Bonchev–Trinajstić information content (AvgIpc) is 3.09. The molecule has 0 radical (unpaired) electrons. The fourth-order valence-corrected chi connectivity index (χ4v) is 2.85. The van der Waals surface area contributed by atoms with Gasteiger partial charge >= 0.3 is 11.9 Å². The quantitative estimate of drug-likeness (QED) is 0.813. The maximum atomic E-state index is 10.4. The van der Waals surface area contributed by atoms with Gasteiger partial charge in [0, 0.05) is 0 Å². The van der Waals surface area contributed by atoms with Crippen LogP contribution in [0.1, 0.15) is 54.4 Å². The van der Waals surface area contributed by atoms with Crippen LogP contribution < -0.4 is 0 Å². The van der Waals surface area contributed by atoms with Gasteiger partial charge in [0.15, 0.2) is 0 Å². The van der Waals surface area contributed by atoms with E-state index >= 15 is 0 Å². The summed E-state index contributed by atoms with van der Waals surface area (Å²) in [7, 11) is 0. The summed E-state index contributed by atoms with van der Waals surface area (Å²) in [6, 6.07) is 0. The molecule has 0 aromatic heterocycles. The van der Waals surface area contributed by atoms with Gasteiger partial charge in [-0.2, -0.15) is 0 Å². The smallest absolute Gasteiger partial charge is 0.306 e. The third-order valence-corrected chi connectivity index (χ3v) is 4.44. The molecule has 0 unspecified atom stereocenters. The van der Waals surface area contributed by atoms with Crippen molar-refractivity contribution in [2.45, 2.75) is 54.4 Å². The van der Waals surface area contributed by atoms with Crippen molar-refractivity contribution in [3.63, 3.8) is 0 Å². The molecule has 0 aromatic rings. The van der Waals surface area contributed by atoms with Crippen LogP contribution >= 0.6 is 0 Å². The molecular weight excluding hydrogens is 256 g/mol. The van der Waals surface area contributed by atoms with Crippen LogP contribution in [0.2, 0.25) is 0 Å². The summed E-state index contributed by atoms with van der Waals surface area (Å²) in [6.07, 6.45) is 1.75. The summed E-state index contributed by atoms with van der Waals surface area (Å²) >= 11 is 0. The van der Waals surface area contributed by atoms with Crippen LogP contribution in [0, 0.1) is 34.5 Å². The second kappa shape index (κ2) is 5.38. The van der Waals surface area contributed by atoms with Gasteiger partial charge < -0.3 is 10.2 Å². The summed E-state index contributed by atoms with van der Waals surface area (Å²) in [5.74, 6) is -0.546. The lowest BCUT2D eigenvalue weighted by Crippen LogP contribution is -2.12. The monoisotopic (exact) mass is 284 g/mol. The average molecular weight is 284 g/mol. The number of aliphatic carboxylic acids is 2. The van der Waals surface area contributed by atoms with Crippen LogP contribution in [0.25, 0.3) is 0 Å². The van der Waals surface area contributed by atoms with E-state index in [4.69, 9.17) is 10.2 Å². The largest absolute Gasteiger partial charge is 0.481 e. The Labute approximate surface area is 121 Å². The predicted molar refractivity (Wildman–Crippen MR) is 77.4 cm³/mol. The van der Waals surface area contributed by atoms with Crippen molar-refractivity contribution in [3.05, 3.63) is 0 Å². The van der Waals surface area contributed by atoms with Crippen LogP contribution in [-0.2, 0) is 9.59 Å². The van der Waals surface area contributed by atoms with Crippen molar-refractivity contribution in [2.75, 3.05) is 0 Å². The minimum Gasteiger partial charge on any atom is -0.481 e. The third kappa shape index (κ3) is 4.50. The first-order valence-electron chi connectivity index (χ1n) is 7.31. The van der Waals surface area contributed by atoms with Crippen molar-refractivity contribution in [3.8, 4) is 0 Å². The molecule has 0 aliphatic heterocycles. The zero-order valence-corrected chi connectivity index (χ0v) is 13.4. The first-order chi connectivity index (χ1) is 8.85. The fourth-order valence-electron chi connectivity index (χ4n) is 2.85. The first-order valence-corrected chi connectivity index (χ1v) is 7.31. The fraction of sp³-hybridized carbons (Fsp3) is 0.875. The van der Waals surface area contributed by atoms with Crippen LogP contribution in [0.4, 0.5) is 0 Å². The van der Waals surface area contributed by atoms with Gasteiger partial charge in [-0.25, -0.2) is 0 Å². The van der Waals surface area contributed by atoms with E-state index in [-0.39, 0.29) is 22.7 Å². The normalized spacial score (nSPS) is 31.9. The molecule has 0 spiro atoms. The highest BCUT2D eigenvalue weighted by molar-refractivity contribution is 5.74. The molecule has 2 fully saturated rings. The molecule has 2 aliphatic rings. The molecule has 0 heterocycles. The summed E-state index contributed by atoms with van der Waals surface area (Å²) in [5, 5.41) is 17.2. The van der Waals surface area contributed by atoms with Crippen LogP contribution in [0.5, 0.6) is 0 Å². The van der Waals surface area contributed by atoms with Crippen LogP contribution in [0.15, 0.2) is 0 Å². The van der Waals surface area contributed by atoms with Gasteiger partial charge in [0.05, 0.1) is 11.8 Å². The molecule has 2 N–H and O–H groups in total. The van der Waals surface area contributed by atoms with Crippen LogP contribution in [-0.4, -0.2) is 22.2 Å². The van der Waals surface area contributed by atoms with Gasteiger partial charge in [-0.1, -0.05) is 41.5 Å². The lowest BCUT2D eigenvalue weighted by atomic mass is 9.89. The summed E-state index contributed by atoms with van der Waals surface area (Å²) in [5.41, 5.74) is 0.367. The third-order valence-electron chi connectivity index (χ3n) is 4.44. The number of carboxylic acids is 2. The van der Waals surface area contributed by atoms with E-state index in [9.17, 15) is 9.59 Å². The highest BCUT2D eigenvalue weighted by atomic mass is 16.4. The van der Waals surface area contributed by atoms with E-state index in [0.29, 0.717) is 11.8 Å². The van der Waals surface area contributed by atoms with Crippen molar-refractivity contribution in [1.82, 2.24) is 0 Å². The molecule has 0 bridgehead atoms. The van der Waals surface area contributed by atoms with E-state index in [1.54, 1.807) is 0 Å². The lowest BCUT2D eigenvalue weighted by Gasteiger charge is -2.16. The Morgan fingerprint density at radius 2 is 1.00 bits per heavy atom. The van der Waals surface area contributed by atoms with Crippen molar-refractivity contribution in [1.29, 1.82) is 0 Å². The molecule has 2 aliphatic carbocycles. The van der Waals surface area contributed by atoms with E-state index < -0.39 is 11.9 Å². The van der Waals surface area contributed by atoms with Gasteiger partial charge in [-0.15, -0.1) is 0 Å². The summed E-state index contributed by atoms with van der Waals surface area (Å²) in [6.45, 7) is 12.6. The second-order valence-electron chi connectivity index (χ2n) is 8.31. The second-order valence-corrected chi connectivity index (χ2v) is 8.31. The minimum atomic E-state index is -0.625. The summed E-state index contributed by atoms with van der Waals surface area (Å²) < 4.78 is 0. The Hall–Kier alpha value is -1.06. The topological polar surface area (TPSA) is 74.6 Å². The molecule has 20 heavy (non-hydrogen) atoms. The Bertz CT molecular complexity index is 348. The predicted octanol–water partition coefficient (Wildman–Crippen LogP) is 3.51. The maximum absolute atomic E-state index is 10.4.